The molecule has 0 spiro atoms. The van der Waals surface area contributed by atoms with Crippen molar-refractivity contribution in [1.29, 1.82) is 0 Å². The SMILES string of the molecule is CCCCCN(CC(=O)N(Cc1ccccc1)Cc1cccn1Cc1ccc(F)cc1)C(=O)c1cc(OC)cc(OC)c1. The van der Waals surface area contributed by atoms with Crippen molar-refractivity contribution in [2.45, 2.75) is 45.8 Å². The number of unbranched alkanes of at least 4 members (excludes halogenated alkanes) is 2. The van der Waals surface area contributed by atoms with Gasteiger partial charge in [0.05, 0.1) is 20.8 Å². The van der Waals surface area contributed by atoms with E-state index in [0.29, 0.717) is 43.2 Å². The first-order chi connectivity index (χ1) is 20.9. The molecule has 226 valence electrons. The molecule has 0 aliphatic rings. The zero-order chi connectivity index (χ0) is 30.6. The summed E-state index contributed by atoms with van der Waals surface area (Å²) < 4.78 is 26.3. The van der Waals surface area contributed by atoms with Gasteiger partial charge in [0.2, 0.25) is 5.91 Å². The lowest BCUT2D eigenvalue weighted by Gasteiger charge is -2.28. The monoisotopic (exact) mass is 585 g/mol. The van der Waals surface area contributed by atoms with E-state index in [1.54, 1.807) is 54.4 Å². The van der Waals surface area contributed by atoms with Crippen LogP contribution in [0.2, 0.25) is 0 Å². The van der Waals surface area contributed by atoms with Crippen LogP contribution in [0.25, 0.3) is 0 Å². The van der Waals surface area contributed by atoms with Crippen molar-refractivity contribution in [3.05, 3.63) is 119 Å². The third-order valence-corrected chi connectivity index (χ3v) is 7.35. The van der Waals surface area contributed by atoms with E-state index in [1.807, 2.05) is 48.7 Å². The van der Waals surface area contributed by atoms with Gasteiger partial charge in [0.25, 0.3) is 5.91 Å². The number of amides is 2. The molecule has 2 amide bonds. The highest BCUT2D eigenvalue weighted by atomic mass is 19.1. The second-order valence-electron chi connectivity index (χ2n) is 10.5. The van der Waals surface area contributed by atoms with Crippen LogP contribution in [-0.4, -0.2) is 53.5 Å². The topological polar surface area (TPSA) is 64.0 Å². The van der Waals surface area contributed by atoms with Gasteiger partial charge in [-0.1, -0.05) is 62.2 Å². The standard InChI is InChI=1S/C35H40FN3O4/c1-4-5-9-18-38(35(41)29-20-32(42-2)22-33(21-29)43-3)26-34(40)39(24-27-11-7-6-8-12-27)25-31-13-10-19-37(31)23-28-14-16-30(36)17-15-28/h6-8,10-17,19-22H,4-5,9,18,23-26H2,1-3H3. The van der Waals surface area contributed by atoms with Gasteiger partial charge >= 0.3 is 0 Å². The Morgan fingerprint density at radius 3 is 2.14 bits per heavy atom. The van der Waals surface area contributed by atoms with Crippen molar-refractivity contribution >= 4 is 11.8 Å². The minimum atomic E-state index is -0.276. The predicted octanol–water partition coefficient (Wildman–Crippen LogP) is 6.55. The number of methoxy groups -OCH3 is 2. The molecule has 1 heterocycles. The number of halogens is 1. The zero-order valence-electron chi connectivity index (χ0n) is 25.2. The molecular formula is C35H40FN3O4. The van der Waals surface area contributed by atoms with E-state index in [4.69, 9.17) is 9.47 Å². The maximum Gasteiger partial charge on any atom is 0.254 e. The van der Waals surface area contributed by atoms with Crippen LogP contribution in [0.4, 0.5) is 4.39 Å². The van der Waals surface area contributed by atoms with Gasteiger partial charge in [0.15, 0.2) is 0 Å². The Morgan fingerprint density at radius 2 is 1.49 bits per heavy atom. The molecule has 1 aromatic heterocycles. The van der Waals surface area contributed by atoms with Gasteiger partial charge < -0.3 is 23.8 Å². The van der Waals surface area contributed by atoms with E-state index >= 15 is 0 Å². The van der Waals surface area contributed by atoms with Gasteiger partial charge in [-0.15, -0.1) is 0 Å². The maximum atomic E-state index is 14.0. The predicted molar refractivity (Wildman–Crippen MR) is 166 cm³/mol. The highest BCUT2D eigenvalue weighted by Crippen LogP contribution is 2.24. The first-order valence-electron chi connectivity index (χ1n) is 14.6. The van der Waals surface area contributed by atoms with Crippen molar-refractivity contribution in [3.63, 3.8) is 0 Å². The number of aromatic nitrogens is 1. The number of carbonyl (C=O) groups is 2. The second kappa shape index (κ2) is 15.6. The lowest BCUT2D eigenvalue weighted by molar-refractivity contribution is -0.133. The smallest absolute Gasteiger partial charge is 0.254 e. The summed E-state index contributed by atoms with van der Waals surface area (Å²) in [4.78, 5) is 31.3. The molecule has 0 unspecified atom stereocenters. The van der Waals surface area contributed by atoms with Crippen LogP contribution >= 0.6 is 0 Å². The van der Waals surface area contributed by atoms with E-state index < -0.39 is 0 Å². The Kier molecular flexibility index (Phi) is 11.4. The molecule has 4 rings (SSSR count). The van der Waals surface area contributed by atoms with Crippen LogP contribution in [0.1, 0.15) is 53.4 Å². The van der Waals surface area contributed by atoms with Crippen LogP contribution in [0.5, 0.6) is 11.5 Å². The quantitative estimate of drug-likeness (QED) is 0.148. The fourth-order valence-corrected chi connectivity index (χ4v) is 4.95. The number of rotatable bonds is 15. The number of carbonyl (C=O) groups excluding carboxylic acids is 2. The highest BCUT2D eigenvalue weighted by Gasteiger charge is 2.24. The molecule has 0 fully saturated rings. The molecule has 0 saturated heterocycles. The molecule has 43 heavy (non-hydrogen) atoms. The van der Waals surface area contributed by atoms with Crippen molar-refractivity contribution in [2.75, 3.05) is 27.3 Å². The van der Waals surface area contributed by atoms with Gasteiger partial charge in [-0.25, -0.2) is 4.39 Å². The zero-order valence-corrected chi connectivity index (χ0v) is 25.2. The molecule has 0 aliphatic carbocycles. The summed E-state index contributed by atoms with van der Waals surface area (Å²) in [6.45, 7) is 3.80. The normalized spacial score (nSPS) is 10.8. The summed E-state index contributed by atoms with van der Waals surface area (Å²) >= 11 is 0. The molecule has 0 aliphatic heterocycles. The number of benzene rings is 3. The van der Waals surface area contributed by atoms with Crippen LogP contribution in [0, 0.1) is 5.82 Å². The maximum absolute atomic E-state index is 14.0. The summed E-state index contributed by atoms with van der Waals surface area (Å²) in [7, 11) is 3.08. The summed E-state index contributed by atoms with van der Waals surface area (Å²) in [6, 6.07) is 25.2. The van der Waals surface area contributed by atoms with Crippen LogP contribution in [0.3, 0.4) is 0 Å². The average molecular weight is 586 g/mol. The molecule has 3 aromatic carbocycles. The van der Waals surface area contributed by atoms with Gasteiger partial charge in [-0.3, -0.25) is 9.59 Å². The van der Waals surface area contributed by atoms with E-state index in [9.17, 15) is 14.0 Å². The molecular weight excluding hydrogens is 545 g/mol. The van der Waals surface area contributed by atoms with Gasteiger partial charge in [0, 0.05) is 43.2 Å². The number of nitrogens with zero attached hydrogens (tertiary/aromatic N) is 3. The fourth-order valence-electron chi connectivity index (χ4n) is 4.95. The number of hydrogen-bond donors (Lipinski definition) is 0. The van der Waals surface area contributed by atoms with E-state index in [0.717, 1.165) is 36.1 Å². The van der Waals surface area contributed by atoms with E-state index in [-0.39, 0.29) is 24.2 Å². The second-order valence-corrected chi connectivity index (χ2v) is 10.5. The Labute approximate surface area is 253 Å². The number of hydrogen-bond acceptors (Lipinski definition) is 4. The third-order valence-electron chi connectivity index (χ3n) is 7.35. The summed E-state index contributed by atoms with van der Waals surface area (Å²) in [5, 5.41) is 0. The minimum Gasteiger partial charge on any atom is -0.497 e. The van der Waals surface area contributed by atoms with Crippen LogP contribution < -0.4 is 9.47 Å². The average Bonchev–Trinajstić information content (AvgIpc) is 3.47. The number of ether oxygens (including phenoxy) is 2. The third kappa shape index (κ3) is 8.95. The van der Waals surface area contributed by atoms with Gasteiger partial charge in [-0.2, -0.15) is 0 Å². The molecule has 0 saturated carbocycles. The molecule has 7 nitrogen and oxygen atoms in total. The highest BCUT2D eigenvalue weighted by molar-refractivity contribution is 5.97. The lowest BCUT2D eigenvalue weighted by Crippen LogP contribution is -2.43. The van der Waals surface area contributed by atoms with Crippen molar-refractivity contribution in [3.8, 4) is 11.5 Å². The molecule has 4 aromatic rings. The van der Waals surface area contributed by atoms with Gasteiger partial charge in [-0.05, 0) is 53.9 Å². The Morgan fingerprint density at radius 1 is 0.791 bits per heavy atom. The molecule has 0 bridgehead atoms. The van der Waals surface area contributed by atoms with Crippen molar-refractivity contribution < 1.29 is 23.5 Å². The summed E-state index contributed by atoms with van der Waals surface area (Å²) in [6.07, 6.45) is 4.69. The van der Waals surface area contributed by atoms with Crippen molar-refractivity contribution in [1.82, 2.24) is 14.4 Å². The minimum absolute atomic E-state index is 0.0619. The molecule has 8 heteroatoms. The van der Waals surface area contributed by atoms with E-state index in [2.05, 4.69) is 11.5 Å². The first kappa shape index (κ1) is 31.3. The summed E-state index contributed by atoms with van der Waals surface area (Å²) in [5.74, 6) is 0.339. The van der Waals surface area contributed by atoms with Crippen LogP contribution in [-0.2, 0) is 24.4 Å². The Balaban J connectivity index is 1.59. The Bertz CT molecular complexity index is 1450. The molecule has 0 radical (unpaired) electrons. The summed E-state index contributed by atoms with van der Waals surface area (Å²) in [5.41, 5.74) is 3.30. The van der Waals surface area contributed by atoms with Gasteiger partial charge in [0.1, 0.15) is 23.9 Å². The lowest BCUT2D eigenvalue weighted by atomic mass is 10.1. The molecule has 0 atom stereocenters. The first-order valence-corrected chi connectivity index (χ1v) is 14.6. The van der Waals surface area contributed by atoms with Crippen molar-refractivity contribution in [2.24, 2.45) is 0 Å². The van der Waals surface area contributed by atoms with E-state index in [1.165, 1.54) is 12.1 Å². The Hall–Kier alpha value is -4.59. The van der Waals surface area contributed by atoms with Crippen LogP contribution in [0.15, 0.2) is 91.1 Å². The molecule has 0 N–H and O–H groups in total. The largest absolute Gasteiger partial charge is 0.497 e. The fraction of sp³-hybridized carbons (Fsp3) is 0.314.